The van der Waals surface area contributed by atoms with E-state index in [1.54, 1.807) is 0 Å². The molecule has 2 heterocycles. The van der Waals surface area contributed by atoms with Crippen molar-refractivity contribution in [2.75, 3.05) is 41.8 Å². The van der Waals surface area contributed by atoms with E-state index in [1.807, 2.05) is 24.3 Å². The zero-order valence-corrected chi connectivity index (χ0v) is 17.2. The molecule has 166 valence electrons. The van der Waals surface area contributed by atoms with Gasteiger partial charge in [0.1, 0.15) is 17.4 Å². The zero-order chi connectivity index (χ0) is 22.5. The van der Waals surface area contributed by atoms with Gasteiger partial charge in [-0.05, 0) is 36.4 Å². The predicted molar refractivity (Wildman–Crippen MR) is 119 cm³/mol. The molecule has 0 atom stereocenters. The van der Waals surface area contributed by atoms with Gasteiger partial charge in [0.2, 0.25) is 5.95 Å². The third kappa shape index (κ3) is 4.86. The van der Waals surface area contributed by atoms with Crippen molar-refractivity contribution in [1.29, 1.82) is 0 Å². The molecule has 0 spiro atoms. The Bertz CT molecular complexity index is 1080. The van der Waals surface area contributed by atoms with Crippen LogP contribution >= 0.6 is 0 Å². The second-order valence-corrected chi connectivity index (χ2v) is 7.18. The molecule has 10 heteroatoms. The number of amides is 1. The molecule has 1 saturated heterocycles. The van der Waals surface area contributed by atoms with E-state index >= 15 is 0 Å². The summed E-state index contributed by atoms with van der Waals surface area (Å²) in [7, 11) is 0. The van der Waals surface area contributed by atoms with Gasteiger partial charge in [0, 0.05) is 42.8 Å². The lowest BCUT2D eigenvalue weighted by Crippen LogP contribution is -2.36. The molecule has 4 rings (SSSR count). The minimum absolute atomic E-state index is 0.0500. The number of benzene rings is 2. The van der Waals surface area contributed by atoms with Gasteiger partial charge in [-0.3, -0.25) is 4.79 Å². The van der Waals surface area contributed by atoms with Crippen LogP contribution in [0.4, 0.5) is 27.5 Å². The van der Waals surface area contributed by atoms with E-state index in [2.05, 4.69) is 25.5 Å². The Hall–Kier alpha value is -3.92. The molecule has 5 N–H and O–H groups in total. The van der Waals surface area contributed by atoms with Gasteiger partial charge in [-0.2, -0.15) is 4.98 Å². The van der Waals surface area contributed by atoms with Crippen LogP contribution in [0.15, 0.2) is 48.7 Å². The van der Waals surface area contributed by atoms with Crippen LogP contribution in [0.25, 0.3) is 0 Å². The number of nitrogens with two attached hydrogens (primary N) is 1. The fraction of sp³-hybridized carbons (Fsp3) is 0.227. The number of morpholine rings is 1. The smallest absolute Gasteiger partial charge is 0.254 e. The molecule has 0 radical (unpaired) electrons. The molecule has 0 unspecified atom stereocenters. The van der Waals surface area contributed by atoms with Crippen LogP contribution in [0, 0.1) is 5.82 Å². The average Bonchev–Trinajstić information content (AvgIpc) is 2.80. The largest absolute Gasteiger partial charge is 0.507 e. The van der Waals surface area contributed by atoms with Crippen molar-refractivity contribution in [3.63, 3.8) is 0 Å². The van der Waals surface area contributed by atoms with Gasteiger partial charge in [-0.1, -0.05) is 6.07 Å². The number of aromatic hydroxyl groups is 1. The summed E-state index contributed by atoms with van der Waals surface area (Å²) in [6.07, 6.45) is 1.29. The van der Waals surface area contributed by atoms with Gasteiger partial charge in [0.05, 0.1) is 18.8 Å². The van der Waals surface area contributed by atoms with Gasteiger partial charge in [-0.25, -0.2) is 9.37 Å². The Balaban J connectivity index is 1.50. The second-order valence-electron chi connectivity index (χ2n) is 7.18. The lowest BCUT2D eigenvalue weighted by molar-refractivity contribution is 0.100. The molecule has 0 saturated carbocycles. The summed E-state index contributed by atoms with van der Waals surface area (Å²) in [5.74, 6) is -1.15. The molecule has 1 fully saturated rings. The van der Waals surface area contributed by atoms with Gasteiger partial charge >= 0.3 is 0 Å². The number of phenols is 1. The molecular formula is C22H23FN6O3. The summed E-state index contributed by atoms with van der Waals surface area (Å²) >= 11 is 0. The number of rotatable bonds is 7. The summed E-state index contributed by atoms with van der Waals surface area (Å²) in [6, 6.07) is 11.8. The van der Waals surface area contributed by atoms with E-state index in [4.69, 9.17) is 10.5 Å². The fourth-order valence-electron chi connectivity index (χ4n) is 3.36. The third-order valence-electron chi connectivity index (χ3n) is 5.08. The molecule has 32 heavy (non-hydrogen) atoms. The standard InChI is InChI=1S/C22H23FN6O3/c23-18-2-1-3-19(30)16(18)12-25-21-17(20(24)31)13-26-22(28-21)27-14-4-6-15(7-5-14)29-8-10-32-11-9-29/h1-7,13,30H,8-12H2,(H2,24,31)(H2,25,26,27,28). The number of anilines is 4. The number of aromatic nitrogens is 2. The van der Waals surface area contributed by atoms with Crippen molar-refractivity contribution in [3.8, 4) is 5.75 Å². The molecule has 1 aliphatic rings. The first-order valence-electron chi connectivity index (χ1n) is 10.1. The van der Waals surface area contributed by atoms with E-state index in [0.717, 1.165) is 24.5 Å². The average molecular weight is 438 g/mol. The highest BCUT2D eigenvalue weighted by Crippen LogP contribution is 2.24. The van der Waals surface area contributed by atoms with Crippen molar-refractivity contribution < 1.29 is 19.0 Å². The van der Waals surface area contributed by atoms with Crippen molar-refractivity contribution in [3.05, 3.63) is 65.6 Å². The van der Waals surface area contributed by atoms with Crippen LogP contribution in [0.5, 0.6) is 5.75 Å². The van der Waals surface area contributed by atoms with E-state index in [9.17, 15) is 14.3 Å². The topological polar surface area (TPSA) is 126 Å². The van der Waals surface area contributed by atoms with Gasteiger partial charge in [0.15, 0.2) is 0 Å². The monoisotopic (exact) mass is 438 g/mol. The molecular weight excluding hydrogens is 415 g/mol. The Kier molecular flexibility index (Phi) is 6.31. The molecule has 9 nitrogen and oxygen atoms in total. The van der Waals surface area contributed by atoms with E-state index in [0.29, 0.717) is 13.2 Å². The minimum Gasteiger partial charge on any atom is -0.507 e. The Morgan fingerprint density at radius 3 is 2.62 bits per heavy atom. The summed E-state index contributed by atoms with van der Waals surface area (Å²) < 4.78 is 19.4. The van der Waals surface area contributed by atoms with Crippen LogP contribution < -0.4 is 21.3 Å². The molecule has 0 aliphatic carbocycles. The molecule has 1 aromatic heterocycles. The van der Waals surface area contributed by atoms with Crippen LogP contribution in [-0.4, -0.2) is 47.3 Å². The summed E-state index contributed by atoms with van der Waals surface area (Å²) in [5, 5.41) is 15.8. The number of carbonyl (C=O) groups excluding carboxylic acids is 1. The number of nitrogens with zero attached hydrogens (tertiary/aromatic N) is 3. The summed E-state index contributed by atoms with van der Waals surface area (Å²) in [6.45, 7) is 3.01. The number of phenolic OH excluding ortho intramolecular Hbond substituents is 1. The first-order chi connectivity index (χ1) is 15.5. The SMILES string of the molecule is NC(=O)c1cnc(Nc2ccc(N3CCOCC3)cc2)nc1NCc1c(O)cccc1F. The number of hydrogen-bond acceptors (Lipinski definition) is 8. The lowest BCUT2D eigenvalue weighted by Gasteiger charge is -2.28. The first-order valence-corrected chi connectivity index (χ1v) is 10.1. The lowest BCUT2D eigenvalue weighted by atomic mass is 10.2. The van der Waals surface area contributed by atoms with Gasteiger partial charge < -0.3 is 31.1 Å². The minimum atomic E-state index is -0.730. The van der Waals surface area contributed by atoms with E-state index in [1.165, 1.54) is 24.4 Å². The predicted octanol–water partition coefficient (Wildman–Crippen LogP) is 2.61. The van der Waals surface area contributed by atoms with Crippen LogP contribution in [0.1, 0.15) is 15.9 Å². The van der Waals surface area contributed by atoms with Crippen molar-refractivity contribution >= 4 is 29.0 Å². The van der Waals surface area contributed by atoms with Crippen molar-refractivity contribution in [2.45, 2.75) is 6.54 Å². The number of hydrogen-bond donors (Lipinski definition) is 4. The third-order valence-corrected chi connectivity index (χ3v) is 5.08. The number of halogens is 1. The van der Waals surface area contributed by atoms with Crippen LogP contribution in [0.3, 0.4) is 0 Å². The molecule has 1 aliphatic heterocycles. The Morgan fingerprint density at radius 1 is 1.19 bits per heavy atom. The number of ether oxygens (including phenoxy) is 1. The second kappa shape index (κ2) is 9.48. The number of primary amides is 1. The van der Waals surface area contributed by atoms with Crippen LogP contribution in [0.2, 0.25) is 0 Å². The maximum absolute atomic E-state index is 14.0. The fourth-order valence-corrected chi connectivity index (χ4v) is 3.36. The molecule has 2 aromatic carbocycles. The Morgan fingerprint density at radius 2 is 1.94 bits per heavy atom. The zero-order valence-electron chi connectivity index (χ0n) is 17.2. The first kappa shape index (κ1) is 21.3. The van der Waals surface area contributed by atoms with Crippen LogP contribution in [-0.2, 0) is 11.3 Å². The molecule has 0 bridgehead atoms. The molecule has 1 amide bonds. The highest BCUT2D eigenvalue weighted by atomic mass is 19.1. The van der Waals surface area contributed by atoms with Crippen molar-refractivity contribution in [2.24, 2.45) is 5.73 Å². The van der Waals surface area contributed by atoms with E-state index < -0.39 is 11.7 Å². The number of carbonyl (C=O) groups is 1. The summed E-state index contributed by atoms with van der Waals surface area (Å²) in [5.41, 5.74) is 7.37. The van der Waals surface area contributed by atoms with Gasteiger partial charge in [-0.15, -0.1) is 0 Å². The normalized spacial score (nSPS) is 13.6. The maximum Gasteiger partial charge on any atom is 0.254 e. The quantitative estimate of drug-likeness (QED) is 0.444. The van der Waals surface area contributed by atoms with E-state index in [-0.39, 0.29) is 35.2 Å². The highest BCUT2D eigenvalue weighted by Gasteiger charge is 2.15. The Labute approximate surface area is 184 Å². The maximum atomic E-state index is 14.0. The molecule has 3 aromatic rings. The van der Waals surface area contributed by atoms with Gasteiger partial charge in [0.25, 0.3) is 5.91 Å². The summed E-state index contributed by atoms with van der Waals surface area (Å²) in [4.78, 5) is 22.5. The van der Waals surface area contributed by atoms with Crippen molar-refractivity contribution in [1.82, 2.24) is 9.97 Å². The highest BCUT2D eigenvalue weighted by molar-refractivity contribution is 5.97. The number of nitrogens with one attached hydrogen (secondary N) is 2.